The Morgan fingerprint density at radius 2 is 1.15 bits per heavy atom. The zero-order chi connectivity index (χ0) is 35.9. The number of thioether (sulfide) groups is 1. The van der Waals surface area contributed by atoms with E-state index >= 15 is 0 Å². The third kappa shape index (κ3) is 4.56. The van der Waals surface area contributed by atoms with Crippen LogP contribution in [0, 0.1) is 0 Å². The van der Waals surface area contributed by atoms with E-state index in [-0.39, 0.29) is 0 Å². The van der Waals surface area contributed by atoms with E-state index < -0.39 is 0 Å². The van der Waals surface area contributed by atoms with Crippen LogP contribution in [-0.2, 0) is 6.42 Å². The first-order chi connectivity index (χ1) is 26.8. The molecule has 0 fully saturated rings. The molecule has 258 valence electrons. The summed E-state index contributed by atoms with van der Waals surface area (Å²) < 4.78 is 11.3. The van der Waals surface area contributed by atoms with E-state index in [1.54, 1.807) is 0 Å². The summed E-state index contributed by atoms with van der Waals surface area (Å²) in [7, 11) is 0. The Morgan fingerprint density at radius 3 is 1.93 bits per heavy atom. The predicted molar refractivity (Wildman–Crippen MR) is 229 cm³/mol. The fraction of sp³-hybridized carbons (Fsp3) is 0.0800. The fourth-order valence-electron chi connectivity index (χ4n) is 8.91. The minimum Gasteiger partial charge on any atom is -0.456 e. The van der Waals surface area contributed by atoms with E-state index in [0.29, 0.717) is 5.25 Å². The number of rotatable bonds is 3. The summed E-state index contributed by atoms with van der Waals surface area (Å²) in [6, 6.07) is 57.4. The highest BCUT2D eigenvalue weighted by Crippen LogP contribution is 2.51. The molecular formula is C50H36N2OS. The molecule has 0 spiro atoms. The van der Waals surface area contributed by atoms with Gasteiger partial charge in [-0.1, -0.05) is 98.8 Å². The van der Waals surface area contributed by atoms with Crippen LogP contribution in [0.4, 0.5) is 0 Å². The van der Waals surface area contributed by atoms with Crippen molar-refractivity contribution in [2.24, 2.45) is 0 Å². The van der Waals surface area contributed by atoms with Gasteiger partial charge < -0.3 is 13.6 Å². The van der Waals surface area contributed by atoms with Crippen molar-refractivity contribution in [2.45, 2.75) is 30.4 Å². The Balaban J connectivity index is 0.00000168. The second-order valence-electron chi connectivity index (χ2n) is 14.0. The van der Waals surface area contributed by atoms with Gasteiger partial charge in [-0.3, -0.25) is 0 Å². The number of furan rings is 1. The lowest BCUT2D eigenvalue weighted by atomic mass is 9.90. The van der Waals surface area contributed by atoms with Crippen molar-refractivity contribution in [3.63, 3.8) is 0 Å². The van der Waals surface area contributed by atoms with E-state index in [1.807, 2.05) is 31.7 Å². The summed E-state index contributed by atoms with van der Waals surface area (Å²) in [6.45, 7) is 4.00. The van der Waals surface area contributed by atoms with Crippen molar-refractivity contribution < 1.29 is 4.42 Å². The molecule has 0 bridgehead atoms. The van der Waals surface area contributed by atoms with Crippen LogP contribution >= 0.6 is 11.8 Å². The summed E-state index contributed by atoms with van der Waals surface area (Å²) in [5, 5.41) is 6.42. The summed E-state index contributed by atoms with van der Waals surface area (Å²) in [4.78, 5) is 1.39. The lowest BCUT2D eigenvalue weighted by molar-refractivity contribution is 0.669. The zero-order valence-electron chi connectivity index (χ0n) is 30.1. The molecule has 1 unspecified atom stereocenters. The molecule has 0 saturated heterocycles. The molecule has 1 aliphatic heterocycles. The molecule has 7 aromatic carbocycles. The molecule has 12 rings (SSSR count). The highest BCUT2D eigenvalue weighted by molar-refractivity contribution is 8.00. The van der Waals surface area contributed by atoms with E-state index in [9.17, 15) is 0 Å². The zero-order valence-corrected chi connectivity index (χ0v) is 30.9. The Morgan fingerprint density at radius 1 is 0.519 bits per heavy atom. The first-order valence-corrected chi connectivity index (χ1v) is 19.8. The lowest BCUT2D eigenvalue weighted by Gasteiger charge is -2.20. The van der Waals surface area contributed by atoms with Gasteiger partial charge in [0.25, 0.3) is 0 Å². The number of aromatic nitrogens is 2. The third-order valence-corrected chi connectivity index (χ3v) is 12.5. The molecule has 1 atom stereocenters. The Hall–Kier alpha value is -6.23. The van der Waals surface area contributed by atoms with E-state index in [1.165, 1.54) is 76.8 Å². The van der Waals surface area contributed by atoms with Crippen LogP contribution < -0.4 is 0 Å². The largest absolute Gasteiger partial charge is 0.456 e. The molecule has 54 heavy (non-hydrogen) atoms. The van der Waals surface area contributed by atoms with E-state index in [2.05, 4.69) is 167 Å². The molecule has 4 heterocycles. The molecule has 3 nitrogen and oxygen atoms in total. The van der Waals surface area contributed by atoms with Gasteiger partial charge >= 0.3 is 0 Å². The number of hydrogen-bond donors (Lipinski definition) is 0. The SMILES string of the molecule is C1=C2c3ccccc3SC2Cc2c1c1cc(-c3ccc4c(c3)c3cc5oc6ccccc6c5cc3n4-c3ccccc3)ccc1n2-c1ccccc1.CC. The number of benzene rings is 7. The standard InChI is InChI=1S/C48H30N2OS.C2H6/c1-3-11-31(12-4-1)49-42-22-20-30(24-36(42)38-27-46-39(26-43(38)49)33-15-7-9-17-45(33)51-46)29-19-21-41-35(23-29)37-25-40-34-16-8-10-18-47(34)52-48(40)28-44(37)50(41)32-13-5-2-6-14-32;1-2/h1-27,48H,28H2;1-2H3. The molecule has 0 saturated carbocycles. The minimum absolute atomic E-state index is 0.429. The van der Waals surface area contributed by atoms with Crippen LogP contribution in [0.2, 0.25) is 0 Å². The Labute approximate surface area is 317 Å². The molecule has 0 amide bonds. The van der Waals surface area contributed by atoms with Crippen molar-refractivity contribution in [1.29, 1.82) is 0 Å². The molecule has 0 radical (unpaired) electrons. The molecule has 2 aliphatic rings. The van der Waals surface area contributed by atoms with Crippen molar-refractivity contribution in [1.82, 2.24) is 9.13 Å². The van der Waals surface area contributed by atoms with E-state index in [4.69, 9.17) is 4.42 Å². The van der Waals surface area contributed by atoms with Crippen molar-refractivity contribution in [3.05, 3.63) is 175 Å². The molecule has 10 aromatic rings. The Bertz CT molecular complexity index is 3130. The van der Waals surface area contributed by atoms with Crippen LogP contribution in [0.15, 0.2) is 167 Å². The molecule has 4 heteroatoms. The van der Waals surface area contributed by atoms with Gasteiger partial charge in [0.05, 0.1) is 16.6 Å². The van der Waals surface area contributed by atoms with Gasteiger partial charge in [0.2, 0.25) is 0 Å². The molecule has 3 aromatic heterocycles. The highest BCUT2D eigenvalue weighted by Gasteiger charge is 2.34. The maximum Gasteiger partial charge on any atom is 0.136 e. The number of hydrogen-bond acceptors (Lipinski definition) is 2. The van der Waals surface area contributed by atoms with Gasteiger partial charge in [0.1, 0.15) is 11.2 Å². The average molecular weight is 713 g/mol. The molecular weight excluding hydrogens is 677 g/mol. The average Bonchev–Trinajstić information content (AvgIpc) is 3.97. The first-order valence-electron chi connectivity index (χ1n) is 18.9. The number of fused-ring (bicyclic) bond motifs is 12. The second kappa shape index (κ2) is 12.2. The summed E-state index contributed by atoms with van der Waals surface area (Å²) in [5.41, 5.74) is 15.8. The first kappa shape index (κ1) is 31.3. The van der Waals surface area contributed by atoms with Crippen LogP contribution in [0.5, 0.6) is 0 Å². The van der Waals surface area contributed by atoms with Gasteiger partial charge in [-0.05, 0) is 101 Å². The smallest absolute Gasteiger partial charge is 0.136 e. The normalized spacial score (nSPS) is 14.6. The van der Waals surface area contributed by atoms with Gasteiger partial charge in [0, 0.05) is 66.1 Å². The van der Waals surface area contributed by atoms with Crippen molar-refractivity contribution in [2.75, 3.05) is 0 Å². The monoisotopic (exact) mass is 712 g/mol. The van der Waals surface area contributed by atoms with Gasteiger partial charge in [0.15, 0.2) is 0 Å². The maximum atomic E-state index is 6.41. The number of nitrogens with zero attached hydrogens (tertiary/aromatic N) is 2. The van der Waals surface area contributed by atoms with Crippen LogP contribution in [0.3, 0.4) is 0 Å². The van der Waals surface area contributed by atoms with Crippen molar-refractivity contribution >= 4 is 78.1 Å². The van der Waals surface area contributed by atoms with Gasteiger partial charge in [-0.25, -0.2) is 0 Å². The third-order valence-electron chi connectivity index (χ3n) is 11.2. The molecule has 1 aliphatic carbocycles. The second-order valence-corrected chi connectivity index (χ2v) is 15.3. The van der Waals surface area contributed by atoms with Crippen LogP contribution in [0.1, 0.15) is 30.7 Å². The minimum atomic E-state index is 0.429. The molecule has 0 N–H and O–H groups in total. The summed E-state index contributed by atoms with van der Waals surface area (Å²) in [6.07, 6.45) is 3.49. The topological polar surface area (TPSA) is 23.0 Å². The van der Waals surface area contributed by atoms with Gasteiger partial charge in [-0.2, -0.15) is 0 Å². The fourth-order valence-corrected chi connectivity index (χ4v) is 10.2. The Kier molecular flexibility index (Phi) is 7.05. The predicted octanol–water partition coefficient (Wildman–Crippen LogP) is 13.9. The van der Waals surface area contributed by atoms with Crippen LogP contribution in [-0.4, -0.2) is 14.4 Å². The number of para-hydroxylation sites is 3. The van der Waals surface area contributed by atoms with Crippen molar-refractivity contribution in [3.8, 4) is 22.5 Å². The van der Waals surface area contributed by atoms with Gasteiger partial charge in [-0.15, -0.1) is 11.8 Å². The lowest BCUT2D eigenvalue weighted by Crippen LogP contribution is -2.13. The maximum absolute atomic E-state index is 6.41. The summed E-state index contributed by atoms with van der Waals surface area (Å²) >= 11 is 2.01. The highest BCUT2D eigenvalue weighted by atomic mass is 32.2. The van der Waals surface area contributed by atoms with E-state index in [0.717, 1.165) is 34.0 Å². The van der Waals surface area contributed by atoms with Crippen LogP contribution in [0.25, 0.3) is 88.8 Å². The quantitative estimate of drug-likeness (QED) is 0.182. The summed E-state index contributed by atoms with van der Waals surface area (Å²) in [5.74, 6) is 0.